The van der Waals surface area contributed by atoms with E-state index in [4.69, 9.17) is 10.5 Å². The van der Waals surface area contributed by atoms with Crippen LogP contribution in [0.1, 0.15) is 26.7 Å². The fraction of sp³-hybridized carbons (Fsp3) is 0.684. The zero-order chi connectivity index (χ0) is 20.3. The highest BCUT2D eigenvalue weighted by atomic mass is 32.2. The van der Waals surface area contributed by atoms with Crippen molar-refractivity contribution in [3.8, 4) is 0 Å². The normalized spacial score (nSPS) is 21.4. The number of thioether (sulfide) groups is 2. The number of amides is 1. The Kier molecular flexibility index (Phi) is 11.1. The van der Waals surface area contributed by atoms with Crippen molar-refractivity contribution in [3.05, 3.63) is 24.3 Å². The summed E-state index contributed by atoms with van der Waals surface area (Å²) in [7, 11) is 1.33. The molecule has 0 aliphatic carbocycles. The Bertz CT molecular complexity index is 538. The number of nitrogens with two attached hydrogens (primary N) is 1. The molecule has 0 saturated carbocycles. The van der Waals surface area contributed by atoms with Crippen LogP contribution in [0.4, 0.5) is 0 Å². The summed E-state index contributed by atoms with van der Waals surface area (Å²) >= 11 is 3.53. The minimum atomic E-state index is -0.633. The predicted molar refractivity (Wildman–Crippen MR) is 116 cm³/mol. The molecule has 1 heterocycles. The zero-order valence-electron chi connectivity index (χ0n) is 16.7. The van der Waals surface area contributed by atoms with Gasteiger partial charge in [-0.2, -0.15) is 11.8 Å². The lowest BCUT2D eigenvalue weighted by Gasteiger charge is -2.18. The Hall–Kier alpha value is -0.960. The van der Waals surface area contributed by atoms with Crippen LogP contribution in [0.25, 0.3) is 0 Å². The number of ether oxygens (including phenoxy) is 1. The van der Waals surface area contributed by atoms with Crippen LogP contribution in [0.15, 0.2) is 24.3 Å². The van der Waals surface area contributed by atoms with Crippen molar-refractivity contribution in [1.82, 2.24) is 10.6 Å². The molecule has 6 nitrogen and oxygen atoms in total. The average Bonchev–Trinajstić information content (AvgIpc) is 2.99. The number of carbonyl (C=O) groups excluding carboxylic acids is 2. The van der Waals surface area contributed by atoms with Crippen molar-refractivity contribution in [2.45, 2.75) is 43.6 Å². The molecular formula is C19H33N3O3S2. The Balaban J connectivity index is 2.49. The summed E-state index contributed by atoms with van der Waals surface area (Å²) in [5.41, 5.74) is 5.74. The second-order valence-corrected chi connectivity index (χ2v) is 9.50. The summed E-state index contributed by atoms with van der Waals surface area (Å²) in [4.78, 5) is 24.4. The fourth-order valence-electron chi connectivity index (χ4n) is 2.67. The van der Waals surface area contributed by atoms with Crippen molar-refractivity contribution >= 4 is 35.4 Å². The van der Waals surface area contributed by atoms with E-state index in [0.29, 0.717) is 12.5 Å². The molecule has 27 heavy (non-hydrogen) atoms. The monoisotopic (exact) mass is 415 g/mol. The van der Waals surface area contributed by atoms with E-state index in [9.17, 15) is 9.59 Å². The van der Waals surface area contributed by atoms with E-state index in [-0.39, 0.29) is 17.3 Å². The van der Waals surface area contributed by atoms with E-state index in [2.05, 4.69) is 36.6 Å². The first-order valence-corrected chi connectivity index (χ1v) is 11.5. The molecule has 0 aromatic heterocycles. The number of nitrogens with one attached hydrogen (secondary N) is 2. The third kappa shape index (κ3) is 9.19. The van der Waals surface area contributed by atoms with E-state index in [1.165, 1.54) is 7.11 Å². The molecule has 0 aromatic rings. The van der Waals surface area contributed by atoms with Crippen LogP contribution in [-0.2, 0) is 14.3 Å². The van der Waals surface area contributed by atoms with Gasteiger partial charge in [0.25, 0.3) is 0 Å². The molecule has 8 heteroatoms. The number of rotatable bonds is 11. The van der Waals surface area contributed by atoms with Gasteiger partial charge in [-0.15, -0.1) is 11.8 Å². The van der Waals surface area contributed by atoms with Crippen LogP contribution in [-0.4, -0.2) is 60.2 Å². The van der Waals surface area contributed by atoms with Gasteiger partial charge in [0, 0.05) is 18.3 Å². The first-order chi connectivity index (χ1) is 12.8. The van der Waals surface area contributed by atoms with Gasteiger partial charge < -0.3 is 15.8 Å². The molecule has 1 rings (SSSR count). The SMILES string of the molecule is COC(=O)C(CCSC)NC(=O)C(/C=C\C/C=C/C1CSC(C)(C)N1)CN. The van der Waals surface area contributed by atoms with Gasteiger partial charge in [-0.1, -0.05) is 24.3 Å². The average molecular weight is 416 g/mol. The van der Waals surface area contributed by atoms with E-state index < -0.39 is 17.9 Å². The molecule has 154 valence electrons. The summed E-state index contributed by atoms with van der Waals surface area (Å²) in [5, 5.41) is 6.30. The van der Waals surface area contributed by atoms with E-state index in [1.807, 2.05) is 30.2 Å². The highest BCUT2D eigenvalue weighted by molar-refractivity contribution is 8.00. The van der Waals surface area contributed by atoms with Crippen molar-refractivity contribution < 1.29 is 14.3 Å². The minimum Gasteiger partial charge on any atom is -0.467 e. The van der Waals surface area contributed by atoms with Crippen LogP contribution in [0.5, 0.6) is 0 Å². The van der Waals surface area contributed by atoms with Crippen LogP contribution in [0.3, 0.4) is 0 Å². The number of carbonyl (C=O) groups is 2. The molecule has 0 radical (unpaired) electrons. The van der Waals surface area contributed by atoms with Crippen molar-refractivity contribution in [2.24, 2.45) is 11.7 Å². The Morgan fingerprint density at radius 3 is 2.74 bits per heavy atom. The largest absolute Gasteiger partial charge is 0.467 e. The van der Waals surface area contributed by atoms with Crippen molar-refractivity contribution in [2.75, 3.05) is 31.4 Å². The lowest BCUT2D eigenvalue weighted by molar-refractivity contribution is -0.145. The minimum absolute atomic E-state index is 0.125. The predicted octanol–water partition coefficient (Wildman–Crippen LogP) is 1.92. The van der Waals surface area contributed by atoms with Crippen molar-refractivity contribution in [3.63, 3.8) is 0 Å². The van der Waals surface area contributed by atoms with E-state index in [1.54, 1.807) is 11.8 Å². The second-order valence-electron chi connectivity index (χ2n) is 6.87. The molecule has 0 spiro atoms. The summed E-state index contributed by atoms with van der Waals surface area (Å²) in [6, 6.07) is -0.254. The molecule has 3 unspecified atom stereocenters. The third-order valence-electron chi connectivity index (χ3n) is 4.17. The maximum atomic E-state index is 12.4. The highest BCUT2D eigenvalue weighted by Crippen LogP contribution is 2.29. The topological polar surface area (TPSA) is 93.4 Å². The van der Waals surface area contributed by atoms with Gasteiger partial charge in [-0.25, -0.2) is 4.79 Å². The van der Waals surface area contributed by atoms with Gasteiger partial charge in [0.15, 0.2) is 0 Å². The second kappa shape index (κ2) is 12.5. The lowest BCUT2D eigenvalue weighted by Crippen LogP contribution is -2.45. The van der Waals surface area contributed by atoms with Gasteiger partial charge in [0.2, 0.25) is 5.91 Å². The number of allylic oxidation sites excluding steroid dienone is 2. The molecule has 1 saturated heterocycles. The number of hydrogen-bond donors (Lipinski definition) is 3. The first kappa shape index (κ1) is 24.1. The molecule has 1 aliphatic rings. The number of hydrogen-bond acceptors (Lipinski definition) is 7. The Morgan fingerprint density at radius 2 is 2.19 bits per heavy atom. The standard InChI is InChI=1S/C19H33N3O3S2/c1-19(2)22-15(13-27-19)9-7-5-6-8-14(12-20)17(23)21-16(10-11-26-4)18(24)25-3/h6-9,14-16,22H,5,10-13,20H2,1-4H3,(H,21,23)/b8-6-,9-7+. The zero-order valence-corrected chi connectivity index (χ0v) is 18.3. The summed E-state index contributed by atoms with van der Waals surface area (Å²) in [5.74, 6) is 0.693. The smallest absolute Gasteiger partial charge is 0.328 e. The maximum absolute atomic E-state index is 12.4. The lowest BCUT2D eigenvalue weighted by atomic mass is 10.1. The van der Waals surface area contributed by atoms with Crippen LogP contribution >= 0.6 is 23.5 Å². The third-order valence-corrected chi connectivity index (χ3v) is 6.18. The van der Waals surface area contributed by atoms with Gasteiger partial charge >= 0.3 is 5.97 Å². The number of methoxy groups -OCH3 is 1. The molecule has 0 bridgehead atoms. The first-order valence-electron chi connectivity index (χ1n) is 9.15. The van der Waals surface area contributed by atoms with Gasteiger partial charge in [0.1, 0.15) is 6.04 Å². The van der Waals surface area contributed by atoms with Crippen LogP contribution in [0, 0.1) is 5.92 Å². The highest BCUT2D eigenvalue weighted by Gasteiger charge is 2.28. The van der Waals surface area contributed by atoms with Gasteiger partial charge in [0.05, 0.1) is 17.9 Å². The Labute approximate surface area is 171 Å². The number of esters is 1. The molecule has 0 aromatic carbocycles. The van der Waals surface area contributed by atoms with Crippen LogP contribution < -0.4 is 16.4 Å². The van der Waals surface area contributed by atoms with Gasteiger partial charge in [-0.05, 0) is 38.7 Å². The fourth-order valence-corrected chi connectivity index (χ4v) is 4.17. The van der Waals surface area contributed by atoms with Crippen LogP contribution in [0.2, 0.25) is 0 Å². The maximum Gasteiger partial charge on any atom is 0.328 e. The summed E-state index contributed by atoms with van der Waals surface area (Å²) in [6.07, 6.45) is 11.2. The van der Waals surface area contributed by atoms with Crippen molar-refractivity contribution in [1.29, 1.82) is 0 Å². The van der Waals surface area contributed by atoms with E-state index >= 15 is 0 Å². The summed E-state index contributed by atoms with van der Waals surface area (Å²) < 4.78 is 4.77. The quantitative estimate of drug-likeness (QED) is 0.351. The van der Waals surface area contributed by atoms with Gasteiger partial charge in [-0.3, -0.25) is 10.1 Å². The molecule has 1 amide bonds. The summed E-state index contributed by atoms with van der Waals surface area (Å²) in [6.45, 7) is 4.55. The molecule has 3 atom stereocenters. The van der Waals surface area contributed by atoms with E-state index in [0.717, 1.165) is 17.9 Å². The molecule has 4 N–H and O–H groups in total. The molecule has 1 fully saturated rings. The Morgan fingerprint density at radius 1 is 1.44 bits per heavy atom. The molecular weight excluding hydrogens is 382 g/mol. The molecule has 1 aliphatic heterocycles.